The molecule has 0 amide bonds. The molecule has 0 aliphatic heterocycles. The van der Waals surface area contributed by atoms with Crippen LogP contribution in [0.15, 0.2) is 35.5 Å². The third kappa shape index (κ3) is 2.85. The first-order valence-electron chi connectivity index (χ1n) is 6.57. The zero-order valence-corrected chi connectivity index (χ0v) is 10.3. The van der Waals surface area contributed by atoms with Crippen molar-refractivity contribution < 1.29 is 0 Å². The topological polar surface area (TPSA) is 26.0 Å². The molecule has 16 heavy (non-hydrogen) atoms. The summed E-state index contributed by atoms with van der Waals surface area (Å²) in [6.07, 6.45) is 15.7. The van der Waals surface area contributed by atoms with Crippen LogP contribution in [-0.2, 0) is 0 Å². The molecule has 1 nitrogen and oxygen atoms in total. The van der Waals surface area contributed by atoms with Gasteiger partial charge in [-0.2, -0.15) is 0 Å². The summed E-state index contributed by atoms with van der Waals surface area (Å²) in [5, 5.41) is 0. The maximum atomic E-state index is 5.59. The second kappa shape index (κ2) is 5.49. The van der Waals surface area contributed by atoms with E-state index in [9.17, 15) is 0 Å². The normalized spacial score (nSPS) is 25.8. The lowest BCUT2D eigenvalue weighted by atomic mass is 9.80. The number of fused-ring (bicyclic) bond motifs is 1. The average Bonchev–Trinajstić information content (AvgIpc) is 2.29. The van der Waals surface area contributed by atoms with Crippen molar-refractivity contribution in [3.63, 3.8) is 0 Å². The van der Waals surface area contributed by atoms with Gasteiger partial charge in [-0.3, -0.25) is 0 Å². The van der Waals surface area contributed by atoms with E-state index in [1.807, 2.05) is 0 Å². The quantitative estimate of drug-likeness (QED) is 0.765. The lowest BCUT2D eigenvalue weighted by Gasteiger charge is -2.25. The summed E-state index contributed by atoms with van der Waals surface area (Å²) < 4.78 is 0. The van der Waals surface area contributed by atoms with Gasteiger partial charge in [-0.25, -0.2) is 0 Å². The molecule has 2 unspecified atom stereocenters. The zero-order valence-electron chi connectivity index (χ0n) is 10.3. The molecule has 1 heteroatoms. The molecule has 0 aromatic heterocycles. The summed E-state index contributed by atoms with van der Waals surface area (Å²) in [4.78, 5) is 0. The number of allylic oxidation sites excluding steroid dienone is 6. The molecule has 0 fully saturated rings. The number of hydrogen-bond donors (Lipinski definition) is 1. The Balaban J connectivity index is 1.97. The Bertz CT molecular complexity index is 322. The van der Waals surface area contributed by atoms with Gasteiger partial charge in [0, 0.05) is 0 Å². The van der Waals surface area contributed by atoms with Crippen LogP contribution >= 0.6 is 0 Å². The molecule has 2 rings (SSSR count). The van der Waals surface area contributed by atoms with Gasteiger partial charge in [-0.1, -0.05) is 36.8 Å². The van der Waals surface area contributed by atoms with Crippen LogP contribution in [0.25, 0.3) is 0 Å². The van der Waals surface area contributed by atoms with E-state index in [0.717, 1.165) is 24.8 Å². The van der Waals surface area contributed by atoms with E-state index in [-0.39, 0.29) is 0 Å². The van der Waals surface area contributed by atoms with Crippen molar-refractivity contribution in [1.82, 2.24) is 0 Å². The summed E-state index contributed by atoms with van der Waals surface area (Å²) in [6.45, 7) is 3.11. The molecule has 2 atom stereocenters. The van der Waals surface area contributed by atoms with Crippen LogP contribution in [0.4, 0.5) is 0 Å². The molecule has 2 aliphatic rings. The molecule has 0 heterocycles. The molecule has 0 bridgehead atoms. The van der Waals surface area contributed by atoms with Crippen molar-refractivity contribution >= 4 is 0 Å². The Hall–Kier alpha value is -0.820. The van der Waals surface area contributed by atoms with Crippen LogP contribution < -0.4 is 5.73 Å². The van der Waals surface area contributed by atoms with Gasteiger partial charge >= 0.3 is 0 Å². The van der Waals surface area contributed by atoms with Crippen LogP contribution in [0.5, 0.6) is 0 Å². The van der Waals surface area contributed by atoms with E-state index in [0.29, 0.717) is 0 Å². The van der Waals surface area contributed by atoms with Crippen molar-refractivity contribution in [1.29, 1.82) is 0 Å². The third-order valence-corrected chi connectivity index (χ3v) is 3.72. The minimum absolute atomic E-state index is 0.720. The Labute approximate surface area is 99.1 Å². The second-order valence-electron chi connectivity index (χ2n) is 5.22. The first kappa shape index (κ1) is 11.7. The minimum atomic E-state index is 0.720. The molecule has 2 aliphatic carbocycles. The predicted octanol–water partition coefficient (Wildman–Crippen LogP) is 3.58. The molecule has 0 saturated heterocycles. The Morgan fingerprint density at radius 1 is 1.50 bits per heavy atom. The maximum Gasteiger partial charge on any atom is -0.00746 e. The Morgan fingerprint density at radius 3 is 3.19 bits per heavy atom. The average molecular weight is 217 g/mol. The van der Waals surface area contributed by atoms with Crippen LogP contribution in [0, 0.1) is 11.8 Å². The molecule has 0 saturated carbocycles. The standard InChI is InChI=1S/C15H23N/c1-12(8-9-16)10-13-6-7-14-4-2-3-5-15(14)11-13/h3,5-6,11-12,14H,2,4,7-10,16H2,1H3. The first-order chi connectivity index (χ1) is 7.79. The fourth-order valence-corrected chi connectivity index (χ4v) is 2.74. The van der Waals surface area contributed by atoms with Gasteiger partial charge in [-0.05, 0) is 56.1 Å². The largest absolute Gasteiger partial charge is 0.330 e. The number of rotatable bonds is 4. The van der Waals surface area contributed by atoms with Crippen LogP contribution in [0.3, 0.4) is 0 Å². The van der Waals surface area contributed by atoms with E-state index >= 15 is 0 Å². The number of nitrogens with two attached hydrogens (primary N) is 1. The summed E-state index contributed by atoms with van der Waals surface area (Å²) in [5.41, 5.74) is 8.68. The van der Waals surface area contributed by atoms with Crippen LogP contribution in [-0.4, -0.2) is 6.54 Å². The van der Waals surface area contributed by atoms with E-state index in [1.54, 1.807) is 5.57 Å². The summed E-state index contributed by atoms with van der Waals surface area (Å²) in [7, 11) is 0. The van der Waals surface area contributed by atoms with Gasteiger partial charge in [0.05, 0.1) is 0 Å². The molecule has 0 aromatic carbocycles. The highest BCUT2D eigenvalue weighted by Crippen LogP contribution is 2.33. The summed E-state index contributed by atoms with van der Waals surface area (Å²) in [5.74, 6) is 1.52. The Morgan fingerprint density at radius 2 is 2.38 bits per heavy atom. The monoisotopic (exact) mass is 217 g/mol. The van der Waals surface area contributed by atoms with Crippen molar-refractivity contribution in [2.45, 2.75) is 39.0 Å². The van der Waals surface area contributed by atoms with Gasteiger partial charge < -0.3 is 5.73 Å². The smallest absolute Gasteiger partial charge is 0.00746 e. The lowest BCUT2D eigenvalue weighted by molar-refractivity contribution is 0.524. The highest BCUT2D eigenvalue weighted by atomic mass is 14.5. The minimum Gasteiger partial charge on any atom is -0.330 e. The van der Waals surface area contributed by atoms with E-state index in [2.05, 4.69) is 31.2 Å². The van der Waals surface area contributed by atoms with Crippen molar-refractivity contribution in [2.24, 2.45) is 17.6 Å². The SMILES string of the molecule is CC(CCN)CC1=CCC2CCC=CC2=C1. The first-order valence-corrected chi connectivity index (χ1v) is 6.57. The molecule has 0 aromatic rings. The fourth-order valence-electron chi connectivity index (χ4n) is 2.74. The van der Waals surface area contributed by atoms with Gasteiger partial charge in [-0.15, -0.1) is 0 Å². The summed E-state index contributed by atoms with van der Waals surface area (Å²) >= 11 is 0. The molecule has 0 radical (unpaired) electrons. The van der Waals surface area contributed by atoms with Crippen LogP contribution in [0.1, 0.15) is 39.0 Å². The molecular formula is C15H23N. The zero-order chi connectivity index (χ0) is 11.4. The molecule has 88 valence electrons. The molecular weight excluding hydrogens is 194 g/mol. The fraction of sp³-hybridized carbons (Fsp3) is 0.600. The van der Waals surface area contributed by atoms with E-state index < -0.39 is 0 Å². The van der Waals surface area contributed by atoms with Gasteiger partial charge in [0.2, 0.25) is 0 Å². The highest BCUT2D eigenvalue weighted by Gasteiger charge is 2.18. The molecule has 0 spiro atoms. The summed E-state index contributed by atoms with van der Waals surface area (Å²) in [6, 6.07) is 0. The molecule has 2 N–H and O–H groups in total. The second-order valence-corrected chi connectivity index (χ2v) is 5.22. The van der Waals surface area contributed by atoms with E-state index in [1.165, 1.54) is 31.3 Å². The van der Waals surface area contributed by atoms with Gasteiger partial charge in [0.1, 0.15) is 0 Å². The number of hydrogen-bond acceptors (Lipinski definition) is 1. The lowest BCUT2D eigenvalue weighted by Crippen LogP contribution is -2.11. The van der Waals surface area contributed by atoms with Gasteiger partial charge in [0.15, 0.2) is 0 Å². The highest BCUT2D eigenvalue weighted by molar-refractivity contribution is 5.37. The van der Waals surface area contributed by atoms with Crippen molar-refractivity contribution in [3.05, 3.63) is 35.5 Å². The van der Waals surface area contributed by atoms with Crippen LogP contribution in [0.2, 0.25) is 0 Å². The predicted molar refractivity (Wildman–Crippen MR) is 70.1 cm³/mol. The third-order valence-electron chi connectivity index (χ3n) is 3.72. The van der Waals surface area contributed by atoms with E-state index in [4.69, 9.17) is 5.73 Å². The van der Waals surface area contributed by atoms with Crippen molar-refractivity contribution in [3.8, 4) is 0 Å². The van der Waals surface area contributed by atoms with Crippen molar-refractivity contribution in [2.75, 3.05) is 6.54 Å². The Kier molecular flexibility index (Phi) is 4.00. The maximum absolute atomic E-state index is 5.59. The van der Waals surface area contributed by atoms with Gasteiger partial charge in [0.25, 0.3) is 0 Å².